The van der Waals surface area contributed by atoms with Crippen molar-refractivity contribution in [2.45, 2.75) is 19.4 Å². The molecule has 1 heterocycles. The number of nitrogens with zero attached hydrogens (tertiary/aromatic N) is 1. The number of amides is 1. The number of carbonyl (C=O) groups is 1. The van der Waals surface area contributed by atoms with Gasteiger partial charge in [-0.05, 0) is 31.5 Å². The molecule has 0 aliphatic heterocycles. The zero-order valence-electron chi connectivity index (χ0n) is 9.36. The van der Waals surface area contributed by atoms with Crippen LogP contribution in [0.5, 0.6) is 0 Å². The molecule has 6 heteroatoms. The van der Waals surface area contributed by atoms with E-state index in [2.05, 4.69) is 10.3 Å². The number of anilines is 1. The molecular formula is C11H11ClN2O2S. The van der Waals surface area contributed by atoms with Crippen LogP contribution in [-0.2, 0) is 4.74 Å². The van der Waals surface area contributed by atoms with Gasteiger partial charge in [-0.15, -0.1) is 0 Å². The summed E-state index contributed by atoms with van der Waals surface area (Å²) in [7, 11) is 0. The van der Waals surface area contributed by atoms with Crippen LogP contribution in [0.15, 0.2) is 18.2 Å². The summed E-state index contributed by atoms with van der Waals surface area (Å²) in [5.74, 6) is 0. The summed E-state index contributed by atoms with van der Waals surface area (Å²) in [6, 6.07) is 5.92. The van der Waals surface area contributed by atoms with Gasteiger partial charge < -0.3 is 4.74 Å². The molecule has 0 radical (unpaired) electrons. The number of alkyl halides is 1. The Morgan fingerprint density at radius 3 is 3.06 bits per heavy atom. The Bertz CT molecular complexity index is 553. The van der Waals surface area contributed by atoms with Gasteiger partial charge in [-0.3, -0.25) is 5.32 Å². The second kappa shape index (κ2) is 4.89. The molecule has 1 aromatic carbocycles. The number of benzene rings is 1. The molecule has 0 fully saturated rings. The maximum absolute atomic E-state index is 11.3. The molecule has 0 spiro atoms. The van der Waals surface area contributed by atoms with Gasteiger partial charge in [0.25, 0.3) is 0 Å². The van der Waals surface area contributed by atoms with Crippen LogP contribution in [0.2, 0.25) is 0 Å². The van der Waals surface area contributed by atoms with Crippen molar-refractivity contribution in [3.8, 4) is 0 Å². The summed E-state index contributed by atoms with van der Waals surface area (Å²) in [6.45, 7) is 3.58. The minimum Gasteiger partial charge on any atom is -0.430 e. The lowest BCUT2D eigenvalue weighted by Gasteiger charge is -2.04. The van der Waals surface area contributed by atoms with E-state index < -0.39 is 11.7 Å². The van der Waals surface area contributed by atoms with E-state index in [-0.39, 0.29) is 0 Å². The maximum atomic E-state index is 11.3. The van der Waals surface area contributed by atoms with E-state index in [4.69, 9.17) is 16.3 Å². The van der Waals surface area contributed by atoms with Crippen LogP contribution in [-0.4, -0.2) is 16.6 Å². The fraction of sp³-hybridized carbons (Fsp3) is 0.273. The van der Waals surface area contributed by atoms with Gasteiger partial charge in [0.05, 0.1) is 10.2 Å². The molecule has 4 nitrogen and oxygen atoms in total. The van der Waals surface area contributed by atoms with Gasteiger partial charge in [0, 0.05) is 0 Å². The monoisotopic (exact) mass is 270 g/mol. The lowest BCUT2D eigenvalue weighted by molar-refractivity contribution is 0.154. The summed E-state index contributed by atoms with van der Waals surface area (Å²) >= 11 is 6.94. The van der Waals surface area contributed by atoms with Gasteiger partial charge in [0.1, 0.15) is 0 Å². The lowest BCUT2D eigenvalue weighted by atomic mass is 10.2. The molecule has 2 rings (SSSR count). The summed E-state index contributed by atoms with van der Waals surface area (Å²) in [4.78, 5) is 15.6. The fourth-order valence-electron chi connectivity index (χ4n) is 1.35. The molecular weight excluding hydrogens is 260 g/mol. The third-order valence-electron chi connectivity index (χ3n) is 2.02. The van der Waals surface area contributed by atoms with Gasteiger partial charge in [0.15, 0.2) is 10.7 Å². The molecule has 17 heavy (non-hydrogen) atoms. The minimum atomic E-state index is -0.661. The molecule has 2 aromatic rings. The maximum Gasteiger partial charge on any atom is 0.414 e. The summed E-state index contributed by atoms with van der Waals surface area (Å²) in [5.41, 5.74) is 1.35. The van der Waals surface area contributed by atoms with Crippen LogP contribution in [0.3, 0.4) is 0 Å². The summed E-state index contributed by atoms with van der Waals surface area (Å²) < 4.78 is 5.78. The first-order valence-electron chi connectivity index (χ1n) is 5.03. The van der Waals surface area contributed by atoms with Crippen LogP contribution < -0.4 is 5.32 Å². The molecule has 0 saturated carbocycles. The number of rotatable bonds is 2. The number of thiazole rings is 1. The average molecular weight is 271 g/mol. The SMILES string of the molecule is Cc1ccc2nc(NC(=O)OC(C)Cl)sc2c1. The number of ether oxygens (including phenoxy) is 1. The Kier molecular flexibility index (Phi) is 3.49. The molecule has 1 unspecified atom stereocenters. The highest BCUT2D eigenvalue weighted by Gasteiger charge is 2.10. The topological polar surface area (TPSA) is 51.2 Å². The van der Waals surface area contributed by atoms with E-state index in [9.17, 15) is 4.79 Å². The summed E-state index contributed by atoms with van der Waals surface area (Å²) in [6.07, 6.45) is -0.594. The molecule has 1 N–H and O–H groups in total. The minimum absolute atomic E-state index is 0.507. The highest BCUT2D eigenvalue weighted by atomic mass is 35.5. The smallest absolute Gasteiger partial charge is 0.414 e. The average Bonchev–Trinajstić information content (AvgIpc) is 2.57. The van der Waals surface area contributed by atoms with Crippen molar-refractivity contribution >= 4 is 44.4 Å². The first kappa shape index (κ1) is 12.1. The molecule has 90 valence electrons. The fourth-order valence-corrected chi connectivity index (χ4v) is 2.38. The van der Waals surface area contributed by atoms with Crippen molar-refractivity contribution in [2.24, 2.45) is 0 Å². The number of nitrogens with one attached hydrogen (secondary N) is 1. The van der Waals surface area contributed by atoms with Crippen LogP contribution in [0, 0.1) is 6.92 Å². The van der Waals surface area contributed by atoms with Gasteiger partial charge in [0.2, 0.25) is 0 Å². The third kappa shape index (κ3) is 3.08. The molecule has 0 aliphatic carbocycles. The van der Waals surface area contributed by atoms with Crippen molar-refractivity contribution in [1.29, 1.82) is 0 Å². The molecule has 1 amide bonds. The van der Waals surface area contributed by atoms with Gasteiger partial charge in [-0.1, -0.05) is 29.0 Å². The van der Waals surface area contributed by atoms with Crippen molar-refractivity contribution in [3.05, 3.63) is 23.8 Å². The van der Waals surface area contributed by atoms with Gasteiger partial charge in [-0.2, -0.15) is 0 Å². The van der Waals surface area contributed by atoms with Gasteiger partial charge in [-0.25, -0.2) is 9.78 Å². The number of hydrogen-bond acceptors (Lipinski definition) is 4. The molecule has 1 atom stereocenters. The second-order valence-electron chi connectivity index (χ2n) is 3.56. The normalized spacial score (nSPS) is 12.4. The number of halogens is 1. The van der Waals surface area contributed by atoms with Crippen LogP contribution >= 0.6 is 22.9 Å². The highest BCUT2D eigenvalue weighted by Crippen LogP contribution is 2.26. The Labute approximate surface area is 108 Å². The number of aromatic nitrogens is 1. The van der Waals surface area contributed by atoms with E-state index >= 15 is 0 Å². The summed E-state index contributed by atoms with van der Waals surface area (Å²) in [5, 5.41) is 3.05. The van der Waals surface area contributed by atoms with Crippen LogP contribution in [0.25, 0.3) is 10.2 Å². The Hall–Kier alpha value is -1.33. The molecule has 0 saturated heterocycles. The standard InChI is InChI=1S/C11H11ClN2O2S/c1-6-3-4-8-9(5-6)17-10(13-8)14-11(15)16-7(2)12/h3-5,7H,1-2H3,(H,13,14,15). The van der Waals surface area contributed by atoms with Crippen molar-refractivity contribution in [1.82, 2.24) is 4.98 Å². The second-order valence-corrected chi connectivity index (χ2v) is 5.21. The van der Waals surface area contributed by atoms with Crippen molar-refractivity contribution in [2.75, 3.05) is 5.32 Å². The van der Waals surface area contributed by atoms with E-state index in [1.807, 2.05) is 25.1 Å². The number of carbonyl (C=O) groups excluding carboxylic acids is 1. The quantitative estimate of drug-likeness (QED) is 0.846. The molecule has 1 aromatic heterocycles. The predicted octanol–water partition coefficient (Wildman–Crippen LogP) is 3.74. The number of aryl methyl sites for hydroxylation is 1. The van der Waals surface area contributed by atoms with Gasteiger partial charge >= 0.3 is 6.09 Å². The Balaban J connectivity index is 2.17. The van der Waals surface area contributed by atoms with E-state index in [0.29, 0.717) is 5.13 Å². The molecule has 0 bridgehead atoms. The van der Waals surface area contributed by atoms with E-state index in [1.54, 1.807) is 6.92 Å². The zero-order chi connectivity index (χ0) is 12.4. The number of hydrogen-bond donors (Lipinski definition) is 1. The first-order chi connectivity index (χ1) is 8.04. The first-order valence-corrected chi connectivity index (χ1v) is 6.29. The Morgan fingerprint density at radius 2 is 2.35 bits per heavy atom. The van der Waals surface area contributed by atoms with E-state index in [1.165, 1.54) is 11.3 Å². The zero-order valence-corrected chi connectivity index (χ0v) is 10.9. The number of fused-ring (bicyclic) bond motifs is 1. The lowest BCUT2D eigenvalue weighted by Crippen LogP contribution is -2.16. The van der Waals surface area contributed by atoms with Crippen molar-refractivity contribution in [3.63, 3.8) is 0 Å². The van der Waals surface area contributed by atoms with Crippen molar-refractivity contribution < 1.29 is 9.53 Å². The van der Waals surface area contributed by atoms with Crippen LogP contribution in [0.1, 0.15) is 12.5 Å². The van der Waals surface area contributed by atoms with E-state index in [0.717, 1.165) is 15.8 Å². The third-order valence-corrected chi connectivity index (χ3v) is 3.05. The van der Waals surface area contributed by atoms with Crippen LogP contribution in [0.4, 0.5) is 9.93 Å². The predicted molar refractivity (Wildman–Crippen MR) is 69.8 cm³/mol. The Morgan fingerprint density at radius 1 is 1.59 bits per heavy atom. The highest BCUT2D eigenvalue weighted by molar-refractivity contribution is 7.22. The molecule has 0 aliphatic rings. The largest absolute Gasteiger partial charge is 0.430 e.